The van der Waals surface area contributed by atoms with E-state index in [4.69, 9.17) is 43.0 Å². The minimum Gasteiger partial charge on any atom is -0.309 e. The Labute approximate surface area is 504 Å². The zero-order valence-corrected chi connectivity index (χ0v) is 46.6. The summed E-state index contributed by atoms with van der Waals surface area (Å²) in [6.07, 6.45) is 0. The van der Waals surface area contributed by atoms with Gasteiger partial charge < -0.3 is 9.13 Å². The summed E-state index contributed by atoms with van der Waals surface area (Å²) >= 11 is 0. The molecule has 0 unspecified atom stereocenters. The van der Waals surface area contributed by atoms with Gasteiger partial charge in [-0.1, -0.05) is 152 Å². The van der Waals surface area contributed by atoms with E-state index < -0.39 is 0 Å². The largest absolute Gasteiger partial charge is 0.309 e. The van der Waals surface area contributed by atoms with E-state index in [2.05, 4.69) is 91.6 Å². The van der Waals surface area contributed by atoms with Gasteiger partial charge in [-0.05, 0) is 136 Å². The maximum absolute atomic E-state index is 10.1. The van der Waals surface area contributed by atoms with E-state index in [1.165, 1.54) is 0 Å². The van der Waals surface area contributed by atoms with Crippen LogP contribution < -0.4 is 0 Å². The van der Waals surface area contributed by atoms with Gasteiger partial charge in [0, 0.05) is 55.5 Å². The molecule has 11 aromatic carbocycles. The van der Waals surface area contributed by atoms with Gasteiger partial charge in [-0.25, -0.2) is 39.6 Å². The molecule has 4 heterocycles. The molecule has 0 spiro atoms. The Morgan fingerprint density at radius 1 is 0.273 bits per heavy atom. The molecular weight excluding hydrogens is 1080 g/mol. The predicted octanol–water partition coefficient (Wildman–Crippen LogP) is 18.4. The van der Waals surface area contributed by atoms with Crippen LogP contribution in [0.1, 0.15) is 11.1 Å². The lowest BCUT2D eigenvalue weighted by Gasteiger charge is -2.16. The quantitative estimate of drug-likeness (QED) is 0.123. The van der Waals surface area contributed by atoms with E-state index in [0.717, 1.165) is 111 Å². The van der Waals surface area contributed by atoms with Crippen molar-refractivity contribution in [2.24, 2.45) is 0 Å². The fourth-order valence-electron chi connectivity index (χ4n) is 11.7. The summed E-state index contributed by atoms with van der Waals surface area (Å²) < 4.78 is 4.36. The number of aromatic nitrogens is 8. The molecule has 15 rings (SSSR count). The van der Waals surface area contributed by atoms with Crippen molar-refractivity contribution in [2.75, 3.05) is 0 Å². The van der Waals surface area contributed by atoms with Gasteiger partial charge in [-0.15, -0.1) is 0 Å². The van der Waals surface area contributed by atoms with Gasteiger partial charge in [0.2, 0.25) is 0 Å². The van der Waals surface area contributed by atoms with Crippen molar-refractivity contribution in [2.45, 2.75) is 0 Å². The molecule has 0 amide bonds. The Kier molecular flexibility index (Phi) is 12.7. The summed E-state index contributed by atoms with van der Waals surface area (Å²) in [7, 11) is 0. The third-order valence-electron chi connectivity index (χ3n) is 15.8. The highest BCUT2D eigenvalue weighted by atomic mass is 15.1. The fourth-order valence-corrected chi connectivity index (χ4v) is 11.7. The number of hydrogen-bond donors (Lipinski definition) is 0. The van der Waals surface area contributed by atoms with E-state index in [0.29, 0.717) is 57.4 Å². The number of benzene rings is 11. The van der Waals surface area contributed by atoms with Crippen molar-refractivity contribution in [1.82, 2.24) is 39.0 Å². The molecule has 12 nitrogen and oxygen atoms in total. The molecule has 0 N–H and O–H groups in total. The van der Waals surface area contributed by atoms with Crippen LogP contribution >= 0.6 is 0 Å². The fraction of sp³-hybridized carbons (Fsp3) is 0. The molecule has 0 aliphatic rings. The Bertz CT molecular complexity index is 4900. The van der Waals surface area contributed by atoms with Crippen LogP contribution in [0, 0.1) is 35.8 Å². The van der Waals surface area contributed by atoms with Crippen molar-refractivity contribution >= 4 is 55.0 Å². The Morgan fingerprint density at radius 2 is 0.557 bits per heavy atom. The van der Waals surface area contributed by atoms with Crippen LogP contribution in [0.4, 0.5) is 11.4 Å². The lowest BCUT2D eigenvalue weighted by atomic mass is 9.95. The van der Waals surface area contributed by atoms with Gasteiger partial charge >= 0.3 is 0 Å². The van der Waals surface area contributed by atoms with Crippen LogP contribution in [-0.2, 0) is 0 Å². The first-order valence-corrected chi connectivity index (χ1v) is 28.2. The highest BCUT2D eigenvalue weighted by Crippen LogP contribution is 2.42. The van der Waals surface area contributed by atoms with Crippen molar-refractivity contribution in [3.05, 3.63) is 289 Å². The van der Waals surface area contributed by atoms with E-state index in [1.807, 2.05) is 194 Å². The Balaban J connectivity index is 0.979. The van der Waals surface area contributed by atoms with Crippen LogP contribution in [0.3, 0.4) is 0 Å². The maximum Gasteiger partial charge on any atom is 0.188 e. The van der Waals surface area contributed by atoms with Crippen LogP contribution in [0.25, 0.3) is 155 Å². The van der Waals surface area contributed by atoms with Crippen molar-refractivity contribution in [3.8, 4) is 114 Å². The molecule has 15 aromatic rings. The molecule has 0 aliphatic carbocycles. The van der Waals surface area contributed by atoms with Gasteiger partial charge in [-0.2, -0.15) is 10.5 Å². The summed E-state index contributed by atoms with van der Waals surface area (Å²) in [6.45, 7) is 15.9. The summed E-state index contributed by atoms with van der Waals surface area (Å²) in [4.78, 5) is 38.6. The van der Waals surface area contributed by atoms with Crippen molar-refractivity contribution < 1.29 is 0 Å². The number of hydrogen-bond acceptors (Lipinski definition) is 8. The van der Waals surface area contributed by atoms with Gasteiger partial charge in [-0.3, -0.25) is 0 Å². The second-order valence-corrected chi connectivity index (χ2v) is 21.2. The highest BCUT2D eigenvalue weighted by Gasteiger charge is 2.22. The van der Waals surface area contributed by atoms with Crippen LogP contribution in [-0.4, -0.2) is 39.0 Å². The van der Waals surface area contributed by atoms with Crippen molar-refractivity contribution in [3.63, 3.8) is 0 Å². The molecule has 0 radical (unpaired) electrons. The summed E-state index contributed by atoms with van der Waals surface area (Å²) in [5.41, 5.74) is 15.3. The molecule has 0 saturated heterocycles. The minimum atomic E-state index is 0.462. The first-order valence-electron chi connectivity index (χ1n) is 28.2. The third-order valence-corrected chi connectivity index (χ3v) is 15.8. The molecule has 0 aliphatic heterocycles. The monoisotopic (exact) mass is 1120 g/mol. The lowest BCUT2D eigenvalue weighted by molar-refractivity contribution is 1.07. The second kappa shape index (κ2) is 21.6. The van der Waals surface area contributed by atoms with Gasteiger partial charge in [0.25, 0.3) is 0 Å². The second-order valence-electron chi connectivity index (χ2n) is 21.2. The molecule has 4 aromatic heterocycles. The molecule has 0 bridgehead atoms. The molecule has 0 atom stereocenters. The number of nitriles is 2. The molecule has 0 fully saturated rings. The number of rotatable bonds is 10. The van der Waals surface area contributed by atoms with Crippen molar-refractivity contribution in [1.29, 1.82) is 10.5 Å². The molecular formula is C76H42N12. The third kappa shape index (κ3) is 9.37. The van der Waals surface area contributed by atoms with E-state index in [-0.39, 0.29) is 0 Å². The van der Waals surface area contributed by atoms with Gasteiger partial charge in [0.1, 0.15) is 0 Å². The van der Waals surface area contributed by atoms with Crippen LogP contribution in [0.2, 0.25) is 0 Å². The van der Waals surface area contributed by atoms with Gasteiger partial charge in [0.15, 0.2) is 46.3 Å². The van der Waals surface area contributed by atoms with Crippen LogP contribution in [0.15, 0.2) is 255 Å². The average Bonchev–Trinajstić information content (AvgIpc) is 3.96. The summed E-state index contributed by atoms with van der Waals surface area (Å²) in [5.74, 6) is 3.01. The Morgan fingerprint density at radius 3 is 0.886 bits per heavy atom. The summed E-state index contributed by atoms with van der Waals surface area (Å²) in [6, 6.07) is 88.2. The normalized spacial score (nSPS) is 11.1. The first kappa shape index (κ1) is 51.8. The lowest BCUT2D eigenvalue weighted by Crippen LogP contribution is -2.02. The Hall–Kier alpha value is -13.0. The SMILES string of the molecule is [C-]#[N+]c1ccc2c(c1)c1cc([N+]#[C-])ccc1n2-c1cc(-c2cccc(-c3cc(-c4nc(-c5ccccc5)nc(-c5ccccc5)n4)cc(-n4c5ccc(C#N)cc5c5cc(C#N)ccc54)c3)c2)cc(-c2nc(-c3ccccc3)nc(-c3ccccc3)n2)c1. The van der Waals surface area contributed by atoms with Gasteiger partial charge in [0.05, 0.1) is 58.5 Å². The molecule has 12 heteroatoms. The summed E-state index contributed by atoms with van der Waals surface area (Å²) in [5, 5.41) is 23.6. The predicted molar refractivity (Wildman–Crippen MR) is 347 cm³/mol. The smallest absolute Gasteiger partial charge is 0.188 e. The molecule has 406 valence electrons. The zero-order chi connectivity index (χ0) is 59.2. The average molecular weight is 1120 g/mol. The van der Waals surface area contributed by atoms with E-state index >= 15 is 0 Å². The first-order chi connectivity index (χ1) is 43.4. The highest BCUT2D eigenvalue weighted by molar-refractivity contribution is 6.12. The number of fused-ring (bicyclic) bond motifs is 6. The topological polar surface area (TPSA) is 144 Å². The zero-order valence-electron chi connectivity index (χ0n) is 46.6. The van der Waals surface area contributed by atoms with Crippen LogP contribution in [0.5, 0.6) is 0 Å². The minimum absolute atomic E-state index is 0.462. The molecule has 0 saturated carbocycles. The van der Waals surface area contributed by atoms with E-state index in [1.54, 1.807) is 0 Å². The maximum atomic E-state index is 10.1. The number of nitrogens with zero attached hydrogens (tertiary/aromatic N) is 12. The molecule has 88 heavy (non-hydrogen) atoms. The van der Waals surface area contributed by atoms with E-state index in [9.17, 15) is 10.5 Å². The standard InChI is InChI=1S/C76H42N12/c1-79-59-28-32-69-65(43-59)66-44-60(80-2)29-33-70(66)88(69)62-40-56(38-58(42-62)76-85-73(51-20-11-5-12-21-51)82-74(86-76)52-22-13-6-14-23-52)54-25-15-24-53(36-54)55-37-57(75-83-71(49-16-7-3-8-17-49)81-72(84-75)50-18-9-4-10-19-50)41-61(39-55)87-67-30-26-47(45-77)34-63(67)64-35-48(46-78)27-31-68(64)87/h3-44H.